The standard InChI is InChI=1S/C11H24N4O3/c1-8(2)10(11(17)14-12)15(3)7-9(16)13-5-6-18-4/h8,10H,5-7,12H2,1-4H3,(H,13,16)(H,14,17). The summed E-state index contributed by atoms with van der Waals surface area (Å²) in [6.45, 7) is 4.86. The number of likely N-dealkylation sites (N-methyl/N-ethyl adjacent to an activating group) is 1. The van der Waals surface area contributed by atoms with Gasteiger partial charge in [-0.25, -0.2) is 5.84 Å². The van der Waals surface area contributed by atoms with Crippen molar-refractivity contribution < 1.29 is 14.3 Å². The van der Waals surface area contributed by atoms with Crippen LogP contribution in [-0.2, 0) is 14.3 Å². The highest BCUT2D eigenvalue weighted by Crippen LogP contribution is 2.08. The minimum absolute atomic E-state index is 0.0605. The molecule has 7 nitrogen and oxygen atoms in total. The molecule has 0 aromatic heterocycles. The van der Waals surface area contributed by atoms with Gasteiger partial charge in [0.1, 0.15) is 0 Å². The number of nitrogens with one attached hydrogen (secondary N) is 2. The zero-order valence-electron chi connectivity index (χ0n) is 11.5. The zero-order valence-corrected chi connectivity index (χ0v) is 11.5. The van der Waals surface area contributed by atoms with Crippen LogP contribution in [0.25, 0.3) is 0 Å². The number of carbonyl (C=O) groups is 2. The Hall–Kier alpha value is -1.18. The molecule has 0 rings (SSSR count). The number of amides is 2. The topological polar surface area (TPSA) is 96.7 Å². The van der Waals surface area contributed by atoms with Crippen molar-refractivity contribution in [3.63, 3.8) is 0 Å². The van der Waals surface area contributed by atoms with Crippen LogP contribution in [0.5, 0.6) is 0 Å². The van der Waals surface area contributed by atoms with Gasteiger partial charge in [-0.3, -0.25) is 19.9 Å². The van der Waals surface area contributed by atoms with Crippen LogP contribution < -0.4 is 16.6 Å². The number of hydrazine groups is 1. The molecule has 0 aliphatic rings. The summed E-state index contributed by atoms with van der Waals surface area (Å²) in [7, 11) is 3.29. The van der Waals surface area contributed by atoms with E-state index in [1.807, 2.05) is 13.8 Å². The second-order valence-electron chi connectivity index (χ2n) is 4.46. The summed E-state index contributed by atoms with van der Waals surface area (Å²) in [5, 5.41) is 2.70. The molecule has 0 saturated carbocycles. The molecule has 2 amide bonds. The van der Waals surface area contributed by atoms with Gasteiger partial charge < -0.3 is 10.1 Å². The van der Waals surface area contributed by atoms with Crippen LogP contribution in [0.3, 0.4) is 0 Å². The Kier molecular flexibility index (Phi) is 8.27. The maximum atomic E-state index is 11.6. The first kappa shape index (κ1) is 16.8. The van der Waals surface area contributed by atoms with Gasteiger partial charge in [0.2, 0.25) is 5.91 Å². The number of hydrogen-bond acceptors (Lipinski definition) is 5. The summed E-state index contributed by atoms with van der Waals surface area (Å²) in [6.07, 6.45) is 0. The van der Waals surface area contributed by atoms with E-state index in [4.69, 9.17) is 10.6 Å². The Bertz CT molecular complexity index is 271. The van der Waals surface area contributed by atoms with Crippen molar-refractivity contribution in [3.8, 4) is 0 Å². The van der Waals surface area contributed by atoms with Crippen molar-refractivity contribution in [1.82, 2.24) is 15.6 Å². The summed E-state index contributed by atoms with van der Waals surface area (Å²) in [6, 6.07) is -0.428. The average Bonchev–Trinajstić information content (AvgIpc) is 2.28. The minimum atomic E-state index is -0.428. The van der Waals surface area contributed by atoms with E-state index >= 15 is 0 Å². The Morgan fingerprint density at radius 2 is 2.00 bits per heavy atom. The molecule has 0 heterocycles. The van der Waals surface area contributed by atoms with Crippen molar-refractivity contribution in [1.29, 1.82) is 0 Å². The predicted octanol–water partition coefficient (Wildman–Crippen LogP) is -1.30. The van der Waals surface area contributed by atoms with E-state index in [9.17, 15) is 9.59 Å². The highest BCUT2D eigenvalue weighted by Gasteiger charge is 2.26. The zero-order chi connectivity index (χ0) is 14.1. The maximum Gasteiger partial charge on any atom is 0.251 e. The number of hydrogen-bond donors (Lipinski definition) is 3. The Labute approximate surface area is 108 Å². The molecular weight excluding hydrogens is 236 g/mol. The first-order valence-corrected chi connectivity index (χ1v) is 5.90. The number of rotatable bonds is 8. The molecule has 1 unspecified atom stereocenters. The van der Waals surface area contributed by atoms with Crippen LogP contribution in [0.1, 0.15) is 13.8 Å². The highest BCUT2D eigenvalue weighted by molar-refractivity contribution is 5.83. The van der Waals surface area contributed by atoms with E-state index in [-0.39, 0.29) is 24.3 Å². The SMILES string of the molecule is COCCNC(=O)CN(C)C(C(=O)NN)C(C)C. The van der Waals surface area contributed by atoms with Crippen molar-refractivity contribution in [2.24, 2.45) is 11.8 Å². The summed E-state index contributed by atoms with van der Waals surface area (Å²) < 4.78 is 4.83. The Morgan fingerprint density at radius 3 is 2.44 bits per heavy atom. The molecule has 1 atom stereocenters. The summed E-state index contributed by atoms with van der Waals surface area (Å²) in [5.41, 5.74) is 2.12. The molecule has 0 aromatic carbocycles. The third-order valence-corrected chi connectivity index (χ3v) is 2.54. The van der Waals surface area contributed by atoms with Crippen molar-refractivity contribution in [2.75, 3.05) is 33.9 Å². The molecule has 0 fully saturated rings. The van der Waals surface area contributed by atoms with Gasteiger partial charge in [0.25, 0.3) is 5.91 Å². The van der Waals surface area contributed by atoms with E-state index in [2.05, 4.69) is 10.7 Å². The lowest BCUT2D eigenvalue weighted by molar-refractivity contribution is -0.129. The number of methoxy groups -OCH3 is 1. The van der Waals surface area contributed by atoms with Crippen LogP contribution in [0.4, 0.5) is 0 Å². The Balaban J connectivity index is 4.29. The van der Waals surface area contributed by atoms with E-state index in [0.29, 0.717) is 13.2 Å². The van der Waals surface area contributed by atoms with Crippen molar-refractivity contribution in [2.45, 2.75) is 19.9 Å². The lowest BCUT2D eigenvalue weighted by atomic mass is 10.0. The fraction of sp³-hybridized carbons (Fsp3) is 0.818. The van der Waals surface area contributed by atoms with Gasteiger partial charge in [0.15, 0.2) is 0 Å². The number of nitrogens with two attached hydrogens (primary N) is 1. The van der Waals surface area contributed by atoms with Gasteiger partial charge in [-0.2, -0.15) is 0 Å². The quantitative estimate of drug-likeness (QED) is 0.218. The molecule has 0 saturated heterocycles. The largest absolute Gasteiger partial charge is 0.383 e. The van der Waals surface area contributed by atoms with E-state index in [0.717, 1.165) is 0 Å². The summed E-state index contributed by atoms with van der Waals surface area (Å²) in [4.78, 5) is 24.9. The minimum Gasteiger partial charge on any atom is -0.383 e. The van der Waals surface area contributed by atoms with Gasteiger partial charge in [-0.15, -0.1) is 0 Å². The van der Waals surface area contributed by atoms with Crippen LogP contribution in [0, 0.1) is 5.92 Å². The van der Waals surface area contributed by atoms with Crippen LogP contribution >= 0.6 is 0 Å². The smallest absolute Gasteiger partial charge is 0.251 e. The van der Waals surface area contributed by atoms with Crippen LogP contribution in [0.2, 0.25) is 0 Å². The lowest BCUT2D eigenvalue weighted by Crippen LogP contribution is -2.52. The third kappa shape index (κ3) is 5.95. The van der Waals surface area contributed by atoms with Crippen molar-refractivity contribution in [3.05, 3.63) is 0 Å². The van der Waals surface area contributed by atoms with Gasteiger partial charge in [-0.1, -0.05) is 13.8 Å². The van der Waals surface area contributed by atoms with Gasteiger partial charge in [0, 0.05) is 13.7 Å². The second-order valence-corrected chi connectivity index (χ2v) is 4.46. The molecule has 106 valence electrons. The van der Waals surface area contributed by atoms with Gasteiger partial charge >= 0.3 is 0 Å². The third-order valence-electron chi connectivity index (χ3n) is 2.54. The molecule has 0 spiro atoms. The predicted molar refractivity (Wildman–Crippen MR) is 68.5 cm³/mol. The molecule has 0 aliphatic carbocycles. The van der Waals surface area contributed by atoms with E-state index in [1.165, 1.54) is 0 Å². The monoisotopic (exact) mass is 260 g/mol. The molecule has 0 aliphatic heterocycles. The number of ether oxygens (including phenoxy) is 1. The summed E-state index contributed by atoms with van der Waals surface area (Å²) >= 11 is 0. The molecule has 0 radical (unpaired) electrons. The molecule has 0 aromatic rings. The fourth-order valence-electron chi connectivity index (χ4n) is 1.77. The average molecular weight is 260 g/mol. The fourth-order valence-corrected chi connectivity index (χ4v) is 1.77. The molecule has 0 bridgehead atoms. The molecule has 18 heavy (non-hydrogen) atoms. The van der Waals surface area contributed by atoms with Gasteiger partial charge in [0.05, 0.1) is 19.2 Å². The number of nitrogens with zero attached hydrogens (tertiary/aromatic N) is 1. The van der Waals surface area contributed by atoms with Crippen molar-refractivity contribution >= 4 is 11.8 Å². The van der Waals surface area contributed by atoms with Crippen LogP contribution in [0.15, 0.2) is 0 Å². The first-order chi connectivity index (χ1) is 8.43. The second kappa shape index (κ2) is 8.84. The summed E-state index contributed by atoms with van der Waals surface area (Å²) in [5.74, 6) is 4.75. The highest BCUT2D eigenvalue weighted by atomic mass is 16.5. The van der Waals surface area contributed by atoms with Crippen LogP contribution in [-0.4, -0.2) is 56.6 Å². The normalized spacial score (nSPS) is 12.6. The Morgan fingerprint density at radius 1 is 1.39 bits per heavy atom. The lowest BCUT2D eigenvalue weighted by Gasteiger charge is -2.28. The molecule has 4 N–H and O–H groups in total. The molecule has 7 heteroatoms. The van der Waals surface area contributed by atoms with E-state index in [1.54, 1.807) is 19.1 Å². The first-order valence-electron chi connectivity index (χ1n) is 5.90. The molecular formula is C11H24N4O3. The number of carbonyl (C=O) groups excluding carboxylic acids is 2. The van der Waals surface area contributed by atoms with Gasteiger partial charge in [-0.05, 0) is 13.0 Å². The maximum absolute atomic E-state index is 11.6. The van der Waals surface area contributed by atoms with E-state index < -0.39 is 6.04 Å².